The Morgan fingerprint density at radius 1 is 1.42 bits per heavy atom. The van der Waals surface area contributed by atoms with Crippen LogP contribution in [0.4, 0.5) is 5.69 Å². The summed E-state index contributed by atoms with van der Waals surface area (Å²) in [5.41, 5.74) is 1.50. The maximum absolute atomic E-state index is 12.5. The molecule has 2 heterocycles. The van der Waals surface area contributed by atoms with E-state index < -0.39 is 0 Å². The van der Waals surface area contributed by atoms with E-state index in [-0.39, 0.29) is 30.2 Å². The molecule has 1 aliphatic heterocycles. The highest BCUT2D eigenvalue weighted by Crippen LogP contribution is 2.23. The van der Waals surface area contributed by atoms with Crippen LogP contribution in [0.15, 0.2) is 24.3 Å². The van der Waals surface area contributed by atoms with Gasteiger partial charge in [-0.1, -0.05) is 12.1 Å². The second-order valence-electron chi connectivity index (χ2n) is 6.36. The van der Waals surface area contributed by atoms with Crippen molar-refractivity contribution in [1.82, 2.24) is 20.1 Å². The molecule has 0 saturated carbocycles. The number of anilines is 1. The van der Waals surface area contributed by atoms with Crippen molar-refractivity contribution in [2.45, 2.75) is 33.2 Å². The van der Waals surface area contributed by atoms with Crippen molar-refractivity contribution in [3.63, 3.8) is 0 Å². The Morgan fingerprint density at radius 3 is 2.83 bits per heavy atom. The molecule has 7 heteroatoms. The first-order valence-corrected chi connectivity index (χ1v) is 8.04. The Kier molecular flexibility index (Phi) is 4.33. The zero-order chi connectivity index (χ0) is 17.3. The number of aromatic amines is 1. The van der Waals surface area contributed by atoms with E-state index in [0.717, 1.165) is 11.4 Å². The first-order valence-electron chi connectivity index (χ1n) is 8.04. The Hall–Kier alpha value is -2.70. The number of likely N-dealkylation sites (tertiary alicyclic amines) is 1. The molecule has 1 aromatic carbocycles. The summed E-state index contributed by atoms with van der Waals surface area (Å²) in [5, 5.41) is 9.82. The number of aromatic nitrogens is 3. The number of hydrogen-bond donors (Lipinski definition) is 2. The Morgan fingerprint density at radius 2 is 2.21 bits per heavy atom. The van der Waals surface area contributed by atoms with Crippen LogP contribution in [0, 0.1) is 12.8 Å². The minimum Gasteiger partial charge on any atom is -0.339 e. The topological polar surface area (TPSA) is 91.0 Å². The van der Waals surface area contributed by atoms with Gasteiger partial charge < -0.3 is 10.2 Å². The van der Waals surface area contributed by atoms with E-state index >= 15 is 0 Å². The van der Waals surface area contributed by atoms with Crippen LogP contribution in [-0.4, -0.2) is 44.5 Å². The van der Waals surface area contributed by atoms with E-state index in [9.17, 15) is 9.59 Å². The van der Waals surface area contributed by atoms with Crippen molar-refractivity contribution in [3.05, 3.63) is 30.1 Å². The summed E-state index contributed by atoms with van der Waals surface area (Å²) in [5.74, 6) is 0.919. The second kappa shape index (κ2) is 6.43. The molecule has 1 atom stereocenters. The fraction of sp³-hybridized carbons (Fsp3) is 0.412. The van der Waals surface area contributed by atoms with Gasteiger partial charge in [-0.3, -0.25) is 14.7 Å². The number of aryl methyl sites for hydroxylation is 1. The van der Waals surface area contributed by atoms with Crippen LogP contribution >= 0.6 is 0 Å². The smallest absolute Gasteiger partial charge is 0.229 e. The Labute approximate surface area is 140 Å². The molecule has 7 nitrogen and oxygen atoms in total. The molecule has 0 aliphatic carbocycles. The molecule has 0 bridgehead atoms. The third kappa shape index (κ3) is 3.29. The lowest BCUT2D eigenvalue weighted by molar-refractivity contribution is -0.129. The molecule has 1 unspecified atom stereocenters. The minimum atomic E-state index is -0.311. The van der Waals surface area contributed by atoms with Crippen molar-refractivity contribution in [2.24, 2.45) is 5.92 Å². The van der Waals surface area contributed by atoms with Gasteiger partial charge in [-0.05, 0) is 32.9 Å². The third-order valence-electron chi connectivity index (χ3n) is 4.14. The lowest BCUT2D eigenvalue weighted by Crippen LogP contribution is -2.33. The molecule has 2 aromatic rings. The molecule has 1 aromatic heterocycles. The summed E-state index contributed by atoms with van der Waals surface area (Å²) in [7, 11) is 0. The highest BCUT2D eigenvalue weighted by Gasteiger charge is 2.35. The lowest BCUT2D eigenvalue weighted by atomic mass is 10.1. The van der Waals surface area contributed by atoms with Gasteiger partial charge in [0, 0.05) is 30.3 Å². The number of carbonyl (C=O) groups excluding carboxylic acids is 2. The minimum absolute atomic E-state index is 0.0371. The summed E-state index contributed by atoms with van der Waals surface area (Å²) in [6.07, 6.45) is 0.268. The van der Waals surface area contributed by atoms with E-state index in [4.69, 9.17) is 0 Å². The molecule has 2 N–H and O–H groups in total. The average molecular weight is 327 g/mol. The highest BCUT2D eigenvalue weighted by atomic mass is 16.2. The predicted octanol–water partition coefficient (Wildman–Crippen LogP) is 1.98. The van der Waals surface area contributed by atoms with Crippen LogP contribution in [0.2, 0.25) is 0 Å². The number of H-pyrrole nitrogens is 1. The number of hydrogen-bond acceptors (Lipinski definition) is 4. The van der Waals surface area contributed by atoms with Gasteiger partial charge in [0.15, 0.2) is 5.82 Å². The highest BCUT2D eigenvalue weighted by molar-refractivity contribution is 5.97. The third-order valence-corrected chi connectivity index (χ3v) is 4.14. The largest absolute Gasteiger partial charge is 0.339 e. The molecule has 2 amide bonds. The first kappa shape index (κ1) is 16.2. The number of carbonyl (C=O) groups is 2. The van der Waals surface area contributed by atoms with Gasteiger partial charge in [0.2, 0.25) is 11.8 Å². The van der Waals surface area contributed by atoms with Crippen LogP contribution in [0.3, 0.4) is 0 Å². The number of rotatable bonds is 4. The van der Waals surface area contributed by atoms with Crippen LogP contribution < -0.4 is 5.32 Å². The van der Waals surface area contributed by atoms with Crippen molar-refractivity contribution in [2.75, 3.05) is 11.9 Å². The van der Waals surface area contributed by atoms with Crippen molar-refractivity contribution >= 4 is 17.5 Å². The number of nitrogens with one attached hydrogen (secondary N) is 2. The molecule has 126 valence electrons. The van der Waals surface area contributed by atoms with Gasteiger partial charge in [-0.2, -0.15) is 5.10 Å². The SMILES string of the molecule is Cc1nc(-c2cccc(NC(=O)C3CC(=O)N(C(C)C)C3)c2)n[nH]1. The molecule has 0 radical (unpaired) electrons. The number of amides is 2. The molecule has 1 aliphatic rings. The van der Waals surface area contributed by atoms with Gasteiger partial charge in [-0.15, -0.1) is 0 Å². The molecule has 1 fully saturated rings. The molecule has 24 heavy (non-hydrogen) atoms. The molecular formula is C17H21N5O2. The lowest BCUT2D eigenvalue weighted by Gasteiger charge is -2.20. The van der Waals surface area contributed by atoms with E-state index in [0.29, 0.717) is 18.1 Å². The summed E-state index contributed by atoms with van der Waals surface area (Å²) >= 11 is 0. The summed E-state index contributed by atoms with van der Waals surface area (Å²) in [6.45, 7) is 6.23. The quantitative estimate of drug-likeness (QED) is 0.898. The second-order valence-corrected chi connectivity index (χ2v) is 6.36. The van der Waals surface area contributed by atoms with Crippen molar-refractivity contribution < 1.29 is 9.59 Å². The fourth-order valence-corrected chi connectivity index (χ4v) is 2.86. The van der Waals surface area contributed by atoms with E-state index in [1.807, 2.05) is 45.0 Å². The van der Waals surface area contributed by atoms with Gasteiger partial charge >= 0.3 is 0 Å². The first-order chi connectivity index (χ1) is 11.4. The van der Waals surface area contributed by atoms with Gasteiger partial charge in [0.25, 0.3) is 0 Å². The summed E-state index contributed by atoms with van der Waals surface area (Å²) < 4.78 is 0. The standard InChI is InChI=1S/C17H21N5O2/c1-10(2)22-9-13(8-15(22)23)17(24)19-14-6-4-5-12(7-14)16-18-11(3)20-21-16/h4-7,10,13H,8-9H2,1-3H3,(H,19,24)(H,18,20,21). The van der Waals surface area contributed by atoms with E-state index in [1.165, 1.54) is 0 Å². The van der Waals surface area contributed by atoms with Crippen LogP contribution in [0.25, 0.3) is 11.4 Å². The predicted molar refractivity (Wildman–Crippen MR) is 90.1 cm³/mol. The molecule has 0 spiro atoms. The van der Waals surface area contributed by atoms with Gasteiger partial charge in [-0.25, -0.2) is 4.98 Å². The fourth-order valence-electron chi connectivity index (χ4n) is 2.86. The van der Waals surface area contributed by atoms with Gasteiger partial charge in [0.05, 0.1) is 5.92 Å². The van der Waals surface area contributed by atoms with Gasteiger partial charge in [0.1, 0.15) is 5.82 Å². The zero-order valence-corrected chi connectivity index (χ0v) is 14.0. The van der Waals surface area contributed by atoms with Crippen molar-refractivity contribution in [3.8, 4) is 11.4 Å². The number of nitrogens with zero attached hydrogens (tertiary/aromatic N) is 3. The average Bonchev–Trinajstić information content (AvgIpc) is 3.13. The molecular weight excluding hydrogens is 306 g/mol. The Bertz CT molecular complexity index is 768. The Balaban J connectivity index is 1.70. The van der Waals surface area contributed by atoms with E-state index in [1.54, 1.807) is 4.90 Å². The maximum atomic E-state index is 12.5. The summed E-state index contributed by atoms with van der Waals surface area (Å²) in [6, 6.07) is 7.50. The summed E-state index contributed by atoms with van der Waals surface area (Å²) in [4.78, 5) is 30.4. The monoisotopic (exact) mass is 327 g/mol. The normalized spacial score (nSPS) is 17.6. The number of benzene rings is 1. The van der Waals surface area contributed by atoms with Crippen LogP contribution in [0.5, 0.6) is 0 Å². The molecule has 1 saturated heterocycles. The van der Waals surface area contributed by atoms with Crippen LogP contribution in [-0.2, 0) is 9.59 Å². The van der Waals surface area contributed by atoms with Crippen molar-refractivity contribution in [1.29, 1.82) is 0 Å². The van der Waals surface area contributed by atoms with E-state index in [2.05, 4.69) is 20.5 Å². The van der Waals surface area contributed by atoms with Crippen LogP contribution in [0.1, 0.15) is 26.1 Å². The molecule has 3 rings (SSSR count). The maximum Gasteiger partial charge on any atom is 0.229 e. The zero-order valence-electron chi connectivity index (χ0n) is 14.0.